The van der Waals surface area contributed by atoms with Crippen LogP contribution in [0.1, 0.15) is 12.5 Å². The minimum Gasteiger partial charge on any atom is -0.326 e. The van der Waals surface area contributed by atoms with Gasteiger partial charge in [-0.3, -0.25) is 14.4 Å². The molecule has 6 nitrogen and oxygen atoms in total. The van der Waals surface area contributed by atoms with Crippen LogP contribution in [0.15, 0.2) is 48.5 Å². The number of anilines is 3. The van der Waals surface area contributed by atoms with Crippen LogP contribution in [0.4, 0.5) is 17.1 Å². The van der Waals surface area contributed by atoms with E-state index in [9.17, 15) is 14.4 Å². The van der Waals surface area contributed by atoms with Crippen molar-refractivity contribution in [3.63, 3.8) is 0 Å². The summed E-state index contributed by atoms with van der Waals surface area (Å²) in [5.74, 6) is -1.70. The summed E-state index contributed by atoms with van der Waals surface area (Å²) in [5.41, 5.74) is 2.69. The van der Waals surface area contributed by atoms with E-state index >= 15 is 0 Å². The van der Waals surface area contributed by atoms with Crippen LogP contribution < -0.4 is 16.0 Å². The van der Waals surface area contributed by atoms with E-state index in [-0.39, 0.29) is 5.91 Å². The maximum atomic E-state index is 11.9. The lowest BCUT2D eigenvalue weighted by Gasteiger charge is -2.08. The summed E-state index contributed by atoms with van der Waals surface area (Å²) in [7, 11) is 0. The molecule has 6 heteroatoms. The first kappa shape index (κ1) is 16.2. The third-order valence-corrected chi connectivity index (χ3v) is 2.98. The first-order valence-electron chi connectivity index (χ1n) is 7.01. The number of nitrogens with one attached hydrogen (secondary N) is 3. The van der Waals surface area contributed by atoms with Crippen LogP contribution in [0.2, 0.25) is 0 Å². The lowest BCUT2D eigenvalue weighted by atomic mass is 10.2. The number of rotatable bonds is 3. The lowest BCUT2D eigenvalue weighted by Crippen LogP contribution is -2.29. The molecule has 118 valence electrons. The van der Waals surface area contributed by atoms with Gasteiger partial charge in [-0.05, 0) is 43.3 Å². The van der Waals surface area contributed by atoms with Crippen molar-refractivity contribution in [3.8, 4) is 0 Å². The summed E-state index contributed by atoms with van der Waals surface area (Å²) >= 11 is 0. The van der Waals surface area contributed by atoms with Crippen LogP contribution in [0.5, 0.6) is 0 Å². The van der Waals surface area contributed by atoms with Crippen molar-refractivity contribution in [3.05, 3.63) is 54.1 Å². The highest BCUT2D eigenvalue weighted by molar-refractivity contribution is 6.43. The Kier molecular flexibility index (Phi) is 5.09. The van der Waals surface area contributed by atoms with Gasteiger partial charge < -0.3 is 16.0 Å². The highest BCUT2D eigenvalue weighted by Gasteiger charge is 2.13. The zero-order valence-corrected chi connectivity index (χ0v) is 12.8. The van der Waals surface area contributed by atoms with Crippen molar-refractivity contribution in [1.29, 1.82) is 0 Å². The molecule has 23 heavy (non-hydrogen) atoms. The normalized spacial score (nSPS) is 9.83. The minimum atomic E-state index is -0.766. The Morgan fingerprint density at radius 1 is 0.652 bits per heavy atom. The quantitative estimate of drug-likeness (QED) is 0.761. The molecule has 0 heterocycles. The molecule has 0 radical (unpaired) electrons. The number of carbonyl (C=O) groups is 3. The van der Waals surface area contributed by atoms with E-state index < -0.39 is 11.8 Å². The Morgan fingerprint density at radius 2 is 1.00 bits per heavy atom. The maximum absolute atomic E-state index is 11.9. The van der Waals surface area contributed by atoms with E-state index in [1.807, 2.05) is 19.1 Å². The van der Waals surface area contributed by atoms with E-state index in [1.54, 1.807) is 36.4 Å². The first-order valence-corrected chi connectivity index (χ1v) is 7.01. The van der Waals surface area contributed by atoms with E-state index in [0.29, 0.717) is 17.1 Å². The highest BCUT2D eigenvalue weighted by atomic mass is 16.2. The molecule has 0 aromatic heterocycles. The molecule has 3 amide bonds. The molecule has 0 saturated carbocycles. The second-order valence-corrected chi connectivity index (χ2v) is 5.03. The molecular formula is C17H17N3O3. The zero-order chi connectivity index (χ0) is 16.8. The molecule has 2 rings (SSSR count). The van der Waals surface area contributed by atoms with Gasteiger partial charge >= 0.3 is 11.8 Å². The smallest absolute Gasteiger partial charge is 0.314 e. The summed E-state index contributed by atoms with van der Waals surface area (Å²) in [6.45, 7) is 3.34. The molecule has 0 bridgehead atoms. The monoisotopic (exact) mass is 311 g/mol. The molecular weight excluding hydrogens is 294 g/mol. The third kappa shape index (κ3) is 4.96. The molecule has 0 saturated heterocycles. The molecule has 0 spiro atoms. The van der Waals surface area contributed by atoms with Crippen molar-refractivity contribution in [1.82, 2.24) is 0 Å². The number of benzene rings is 2. The number of hydrogen-bond donors (Lipinski definition) is 3. The predicted molar refractivity (Wildman–Crippen MR) is 89.2 cm³/mol. The van der Waals surface area contributed by atoms with Gasteiger partial charge in [-0.25, -0.2) is 0 Å². The Bertz CT molecular complexity index is 722. The average Bonchev–Trinajstić information content (AvgIpc) is 2.51. The number of carbonyl (C=O) groups excluding carboxylic acids is 3. The van der Waals surface area contributed by atoms with Crippen LogP contribution in [0.25, 0.3) is 0 Å². The van der Waals surface area contributed by atoms with E-state index in [2.05, 4.69) is 16.0 Å². The topological polar surface area (TPSA) is 87.3 Å². The van der Waals surface area contributed by atoms with Gasteiger partial charge in [0.25, 0.3) is 0 Å². The first-order chi connectivity index (χ1) is 10.9. The van der Waals surface area contributed by atoms with E-state index in [0.717, 1.165) is 5.56 Å². The molecule has 2 aromatic carbocycles. The molecule has 0 aliphatic rings. The molecule has 3 N–H and O–H groups in total. The molecule has 0 atom stereocenters. The molecule has 0 aliphatic heterocycles. The van der Waals surface area contributed by atoms with Gasteiger partial charge in [0, 0.05) is 24.0 Å². The van der Waals surface area contributed by atoms with Gasteiger partial charge in [0.2, 0.25) is 5.91 Å². The zero-order valence-electron chi connectivity index (χ0n) is 12.8. The number of amides is 3. The minimum absolute atomic E-state index is 0.181. The molecule has 0 unspecified atom stereocenters. The summed E-state index contributed by atoms with van der Waals surface area (Å²) < 4.78 is 0. The summed E-state index contributed by atoms with van der Waals surface area (Å²) in [5, 5.41) is 7.62. The van der Waals surface area contributed by atoms with Gasteiger partial charge in [0.15, 0.2) is 0 Å². The van der Waals surface area contributed by atoms with Crippen LogP contribution in [0.3, 0.4) is 0 Å². The summed E-state index contributed by atoms with van der Waals surface area (Å²) in [6, 6.07) is 13.6. The van der Waals surface area contributed by atoms with E-state index in [4.69, 9.17) is 0 Å². The van der Waals surface area contributed by atoms with Gasteiger partial charge in [0.1, 0.15) is 0 Å². The number of hydrogen-bond acceptors (Lipinski definition) is 3. The van der Waals surface area contributed by atoms with Crippen molar-refractivity contribution in [2.45, 2.75) is 13.8 Å². The van der Waals surface area contributed by atoms with Gasteiger partial charge in [-0.15, -0.1) is 0 Å². The average molecular weight is 311 g/mol. The standard InChI is InChI=1S/C17H17N3O3/c1-11-3-5-14(6-4-11)19-16(22)17(23)20-15-9-7-13(8-10-15)18-12(2)21/h3-10H,1-2H3,(H,18,21)(H,19,22)(H,20,23). The van der Waals surface area contributed by atoms with Gasteiger partial charge in [0.05, 0.1) is 0 Å². The Morgan fingerprint density at radius 3 is 1.39 bits per heavy atom. The van der Waals surface area contributed by atoms with Crippen LogP contribution >= 0.6 is 0 Å². The SMILES string of the molecule is CC(=O)Nc1ccc(NC(=O)C(=O)Nc2ccc(C)cc2)cc1. The van der Waals surface area contributed by atoms with Crippen molar-refractivity contribution < 1.29 is 14.4 Å². The highest BCUT2D eigenvalue weighted by Crippen LogP contribution is 2.14. The Labute approximate surface area is 133 Å². The second-order valence-electron chi connectivity index (χ2n) is 5.03. The van der Waals surface area contributed by atoms with Crippen molar-refractivity contribution >= 4 is 34.8 Å². The number of aryl methyl sites for hydroxylation is 1. The van der Waals surface area contributed by atoms with Crippen LogP contribution in [-0.4, -0.2) is 17.7 Å². The predicted octanol–water partition coefficient (Wildman–Crippen LogP) is 2.53. The van der Waals surface area contributed by atoms with Crippen LogP contribution in [0, 0.1) is 6.92 Å². The summed E-state index contributed by atoms with van der Waals surface area (Å²) in [6.07, 6.45) is 0. The molecule has 0 aliphatic carbocycles. The van der Waals surface area contributed by atoms with Gasteiger partial charge in [-0.1, -0.05) is 17.7 Å². The molecule has 2 aromatic rings. The Hall–Kier alpha value is -3.15. The van der Waals surface area contributed by atoms with Crippen LogP contribution in [-0.2, 0) is 14.4 Å². The van der Waals surface area contributed by atoms with Crippen molar-refractivity contribution in [2.75, 3.05) is 16.0 Å². The fourth-order valence-electron chi connectivity index (χ4n) is 1.85. The Balaban J connectivity index is 1.94. The van der Waals surface area contributed by atoms with Gasteiger partial charge in [-0.2, -0.15) is 0 Å². The fraction of sp³-hybridized carbons (Fsp3) is 0.118. The molecule has 0 fully saturated rings. The van der Waals surface area contributed by atoms with E-state index in [1.165, 1.54) is 6.92 Å². The fourth-order valence-corrected chi connectivity index (χ4v) is 1.85. The lowest BCUT2D eigenvalue weighted by molar-refractivity contribution is -0.132. The second kappa shape index (κ2) is 7.22. The summed E-state index contributed by atoms with van der Waals surface area (Å²) in [4.78, 5) is 34.6. The maximum Gasteiger partial charge on any atom is 0.314 e. The van der Waals surface area contributed by atoms with Crippen molar-refractivity contribution in [2.24, 2.45) is 0 Å². The third-order valence-electron chi connectivity index (χ3n) is 2.98. The largest absolute Gasteiger partial charge is 0.326 e.